The van der Waals surface area contributed by atoms with Crippen molar-refractivity contribution in [3.05, 3.63) is 12.4 Å². The summed E-state index contributed by atoms with van der Waals surface area (Å²) in [5.74, 6) is 5.67. The molecule has 1 aliphatic rings. The van der Waals surface area contributed by atoms with Crippen molar-refractivity contribution in [1.29, 1.82) is 0 Å². The van der Waals surface area contributed by atoms with Gasteiger partial charge in [-0.1, -0.05) is 26.7 Å². The molecule has 1 fully saturated rings. The zero-order chi connectivity index (χ0) is 15.5. The van der Waals surface area contributed by atoms with Gasteiger partial charge in [-0.2, -0.15) is 4.31 Å². The Bertz CT molecular complexity index is 552. The molecule has 2 rings (SSSR count). The van der Waals surface area contributed by atoms with Crippen molar-refractivity contribution in [2.45, 2.75) is 50.5 Å². The Balaban J connectivity index is 2.30. The van der Waals surface area contributed by atoms with Crippen LogP contribution >= 0.6 is 0 Å². The largest absolute Gasteiger partial charge is 0.292 e. The molecule has 1 aliphatic carbocycles. The lowest BCUT2D eigenvalue weighted by molar-refractivity contribution is 0.292. The average molecular weight is 313 g/mol. The first-order valence-electron chi connectivity index (χ1n) is 7.25. The first-order valence-corrected chi connectivity index (χ1v) is 8.69. The third-order valence-corrected chi connectivity index (χ3v) is 5.51. The van der Waals surface area contributed by atoms with Crippen LogP contribution in [0.15, 0.2) is 17.3 Å². The highest BCUT2D eigenvalue weighted by atomic mass is 32.2. The van der Waals surface area contributed by atoms with Crippen molar-refractivity contribution in [3.8, 4) is 0 Å². The zero-order valence-electron chi connectivity index (χ0n) is 12.5. The van der Waals surface area contributed by atoms with E-state index in [0.29, 0.717) is 6.54 Å². The van der Waals surface area contributed by atoms with E-state index in [-0.39, 0.29) is 22.8 Å². The second-order valence-electron chi connectivity index (χ2n) is 5.79. The highest BCUT2D eigenvalue weighted by molar-refractivity contribution is 7.89. The van der Waals surface area contributed by atoms with Crippen LogP contribution in [-0.2, 0) is 10.0 Å². The summed E-state index contributed by atoms with van der Waals surface area (Å²) in [6.07, 6.45) is 6.63. The molecule has 1 saturated carbocycles. The minimum Gasteiger partial charge on any atom is -0.292 e. The van der Waals surface area contributed by atoms with Crippen LogP contribution in [0.4, 0.5) is 5.95 Å². The molecule has 1 aromatic heterocycles. The molecule has 21 heavy (non-hydrogen) atoms. The number of anilines is 1. The monoisotopic (exact) mass is 313 g/mol. The fourth-order valence-corrected chi connectivity index (χ4v) is 4.40. The van der Waals surface area contributed by atoms with Crippen molar-refractivity contribution in [2.24, 2.45) is 11.8 Å². The molecule has 1 aromatic rings. The lowest BCUT2D eigenvalue weighted by Gasteiger charge is -2.29. The van der Waals surface area contributed by atoms with E-state index in [9.17, 15) is 8.42 Å². The summed E-state index contributed by atoms with van der Waals surface area (Å²) < 4.78 is 27.3. The van der Waals surface area contributed by atoms with Crippen molar-refractivity contribution in [2.75, 3.05) is 12.0 Å². The van der Waals surface area contributed by atoms with Gasteiger partial charge in [-0.15, -0.1) is 0 Å². The van der Waals surface area contributed by atoms with E-state index in [1.54, 1.807) is 4.31 Å². The van der Waals surface area contributed by atoms with Gasteiger partial charge in [0.1, 0.15) is 4.90 Å². The smallest absolute Gasteiger partial charge is 0.246 e. The summed E-state index contributed by atoms with van der Waals surface area (Å²) in [6.45, 7) is 4.56. The maximum atomic E-state index is 12.8. The molecule has 1 heterocycles. The Morgan fingerprint density at radius 3 is 2.38 bits per heavy atom. The van der Waals surface area contributed by atoms with E-state index < -0.39 is 10.0 Å². The quantitative estimate of drug-likeness (QED) is 0.607. The van der Waals surface area contributed by atoms with E-state index in [4.69, 9.17) is 5.84 Å². The van der Waals surface area contributed by atoms with Crippen LogP contribution in [0.25, 0.3) is 0 Å². The van der Waals surface area contributed by atoms with E-state index >= 15 is 0 Å². The molecule has 0 atom stereocenters. The molecule has 0 unspecified atom stereocenters. The fraction of sp³-hybridized carbons (Fsp3) is 0.692. The van der Waals surface area contributed by atoms with Crippen LogP contribution in [-0.4, -0.2) is 35.3 Å². The maximum Gasteiger partial charge on any atom is 0.246 e. The summed E-state index contributed by atoms with van der Waals surface area (Å²) in [4.78, 5) is 7.92. The Kier molecular flexibility index (Phi) is 5.13. The van der Waals surface area contributed by atoms with Crippen molar-refractivity contribution < 1.29 is 8.42 Å². The van der Waals surface area contributed by atoms with Gasteiger partial charge in [0.15, 0.2) is 0 Å². The topological polar surface area (TPSA) is 101 Å². The molecule has 0 aromatic carbocycles. The zero-order valence-corrected chi connectivity index (χ0v) is 13.3. The Hall–Kier alpha value is -1.25. The number of nitrogens with two attached hydrogens (primary N) is 1. The number of hydrazine groups is 1. The summed E-state index contributed by atoms with van der Waals surface area (Å²) >= 11 is 0. The highest BCUT2D eigenvalue weighted by Gasteiger charge is 2.34. The van der Waals surface area contributed by atoms with Crippen LogP contribution < -0.4 is 11.3 Å². The molecule has 8 heteroatoms. The van der Waals surface area contributed by atoms with Gasteiger partial charge in [-0.3, -0.25) is 5.43 Å². The molecule has 0 saturated heterocycles. The Labute approximate surface area is 126 Å². The number of hydrogen-bond acceptors (Lipinski definition) is 6. The second kappa shape index (κ2) is 6.67. The van der Waals surface area contributed by atoms with Gasteiger partial charge in [0, 0.05) is 12.6 Å². The number of nitrogens with one attached hydrogen (secondary N) is 1. The van der Waals surface area contributed by atoms with Gasteiger partial charge < -0.3 is 0 Å². The van der Waals surface area contributed by atoms with Crippen LogP contribution in [0.3, 0.4) is 0 Å². The van der Waals surface area contributed by atoms with Gasteiger partial charge in [0.05, 0.1) is 12.4 Å². The third kappa shape index (κ3) is 3.69. The first kappa shape index (κ1) is 16.1. The van der Waals surface area contributed by atoms with Crippen molar-refractivity contribution >= 4 is 16.0 Å². The molecule has 7 nitrogen and oxygen atoms in total. The lowest BCUT2D eigenvalue weighted by atomic mass is 10.2. The van der Waals surface area contributed by atoms with E-state index in [2.05, 4.69) is 15.4 Å². The molecular weight excluding hydrogens is 290 g/mol. The molecule has 3 N–H and O–H groups in total. The van der Waals surface area contributed by atoms with Crippen LogP contribution in [0.2, 0.25) is 0 Å². The van der Waals surface area contributed by atoms with Crippen molar-refractivity contribution in [3.63, 3.8) is 0 Å². The summed E-state index contributed by atoms with van der Waals surface area (Å²) in [6, 6.07) is 0.0877. The van der Waals surface area contributed by atoms with Gasteiger partial charge in [-0.05, 0) is 18.8 Å². The number of hydrogen-bond donors (Lipinski definition) is 2. The van der Waals surface area contributed by atoms with Crippen LogP contribution in [0, 0.1) is 5.92 Å². The van der Waals surface area contributed by atoms with Crippen LogP contribution in [0.5, 0.6) is 0 Å². The highest BCUT2D eigenvalue weighted by Crippen LogP contribution is 2.29. The molecule has 0 aliphatic heterocycles. The fourth-order valence-electron chi connectivity index (χ4n) is 2.65. The van der Waals surface area contributed by atoms with E-state index in [0.717, 1.165) is 25.7 Å². The summed E-state index contributed by atoms with van der Waals surface area (Å²) in [5.41, 5.74) is 2.29. The first-order chi connectivity index (χ1) is 9.95. The normalized spacial score (nSPS) is 16.8. The third-order valence-electron chi connectivity index (χ3n) is 3.64. The molecule has 118 valence electrons. The predicted octanol–water partition coefficient (Wildman–Crippen LogP) is 1.35. The maximum absolute atomic E-state index is 12.8. The van der Waals surface area contributed by atoms with Gasteiger partial charge >= 0.3 is 0 Å². The minimum absolute atomic E-state index is 0.0877. The minimum atomic E-state index is -3.56. The summed E-state index contributed by atoms with van der Waals surface area (Å²) in [5, 5.41) is 0. The Morgan fingerprint density at radius 2 is 1.90 bits per heavy atom. The number of nitrogens with zero attached hydrogens (tertiary/aromatic N) is 3. The predicted molar refractivity (Wildman–Crippen MR) is 80.8 cm³/mol. The second-order valence-corrected chi connectivity index (χ2v) is 7.68. The standard InChI is InChI=1S/C13H23N5O2S/c1-10(2)9-18(11-5-3-4-6-11)21(19,20)12-7-15-13(17-14)16-8-12/h7-8,10-11H,3-6,9,14H2,1-2H3,(H,15,16,17). The van der Waals surface area contributed by atoms with Gasteiger partial charge in [0.25, 0.3) is 0 Å². The SMILES string of the molecule is CC(C)CN(C1CCCC1)S(=O)(=O)c1cnc(NN)nc1. The van der Waals surface area contributed by atoms with E-state index in [1.807, 2.05) is 13.8 Å². The molecule has 0 bridgehead atoms. The number of aromatic nitrogens is 2. The van der Waals surface area contributed by atoms with Gasteiger partial charge in [0.2, 0.25) is 16.0 Å². The molecule has 0 spiro atoms. The number of sulfonamides is 1. The average Bonchev–Trinajstić information content (AvgIpc) is 2.98. The summed E-state index contributed by atoms with van der Waals surface area (Å²) in [7, 11) is -3.56. The number of rotatable bonds is 6. The lowest BCUT2D eigenvalue weighted by Crippen LogP contribution is -2.41. The molecular formula is C13H23N5O2S. The van der Waals surface area contributed by atoms with Crippen LogP contribution in [0.1, 0.15) is 39.5 Å². The molecule has 0 amide bonds. The van der Waals surface area contributed by atoms with Crippen molar-refractivity contribution in [1.82, 2.24) is 14.3 Å². The van der Waals surface area contributed by atoms with Gasteiger partial charge in [-0.25, -0.2) is 24.2 Å². The Morgan fingerprint density at radius 1 is 1.33 bits per heavy atom. The molecule has 0 radical (unpaired) electrons. The number of nitrogen functional groups attached to an aromatic ring is 1. The van der Waals surface area contributed by atoms with E-state index in [1.165, 1.54) is 12.4 Å².